The van der Waals surface area contributed by atoms with Crippen molar-refractivity contribution in [2.75, 3.05) is 38.0 Å². The summed E-state index contributed by atoms with van der Waals surface area (Å²) in [6.45, 7) is 1.51. The van der Waals surface area contributed by atoms with Crippen molar-refractivity contribution in [3.8, 4) is 5.75 Å². The molecule has 1 amide bonds. The number of hydrogen-bond acceptors (Lipinski definition) is 11. The third-order valence-corrected chi connectivity index (χ3v) is 4.15. The van der Waals surface area contributed by atoms with Gasteiger partial charge in [0.15, 0.2) is 5.69 Å². The molecular formula is C19H22N6O8. The summed E-state index contributed by atoms with van der Waals surface area (Å²) in [4.78, 5) is 32.3. The van der Waals surface area contributed by atoms with Gasteiger partial charge in [-0.15, -0.1) is 10.2 Å². The molecule has 1 atom stereocenters. The molecule has 0 saturated carbocycles. The van der Waals surface area contributed by atoms with E-state index in [0.29, 0.717) is 11.4 Å². The first-order valence-electron chi connectivity index (χ1n) is 9.41. The van der Waals surface area contributed by atoms with Crippen molar-refractivity contribution in [2.45, 2.75) is 13.0 Å². The number of carbonyl (C=O) groups excluding carboxylic acids is 1. The largest absolute Gasteiger partial charge is 0.495 e. The number of anilines is 2. The highest BCUT2D eigenvalue weighted by Gasteiger charge is 2.20. The Hall–Kier alpha value is -4.17. The van der Waals surface area contributed by atoms with Gasteiger partial charge >= 0.3 is 5.69 Å². The average Bonchev–Trinajstić information content (AvgIpc) is 2.76. The van der Waals surface area contributed by atoms with E-state index in [1.807, 2.05) is 0 Å². The van der Waals surface area contributed by atoms with Gasteiger partial charge in [0.1, 0.15) is 11.4 Å². The maximum absolute atomic E-state index is 11.7. The minimum absolute atomic E-state index is 0.105. The molecular weight excluding hydrogens is 440 g/mol. The van der Waals surface area contributed by atoms with Gasteiger partial charge in [0.2, 0.25) is 5.91 Å². The fourth-order valence-electron chi connectivity index (χ4n) is 2.69. The lowest BCUT2D eigenvalue weighted by Gasteiger charge is -2.17. The van der Waals surface area contributed by atoms with Crippen LogP contribution in [0.25, 0.3) is 0 Å². The van der Waals surface area contributed by atoms with E-state index in [1.165, 1.54) is 33.3 Å². The number of non-ortho nitro benzene ring substituents is 1. The molecule has 14 nitrogen and oxygen atoms in total. The van der Waals surface area contributed by atoms with E-state index in [0.717, 1.165) is 18.2 Å². The first-order valence-corrected chi connectivity index (χ1v) is 9.41. The summed E-state index contributed by atoms with van der Waals surface area (Å²) in [5, 5.41) is 45.4. The summed E-state index contributed by atoms with van der Waals surface area (Å²) in [6.07, 6.45) is -0.800. The Morgan fingerprint density at radius 2 is 1.79 bits per heavy atom. The number of nitrogens with one attached hydrogen (secondary N) is 2. The molecule has 0 spiro atoms. The minimum atomic E-state index is -0.811. The number of ether oxygens (including phenoxy) is 2. The molecule has 2 aromatic rings. The smallest absolute Gasteiger partial charge is 0.303 e. The second kappa shape index (κ2) is 11.4. The number of amides is 1. The number of methoxy groups -OCH3 is 2. The molecule has 0 aliphatic heterocycles. The molecule has 0 aliphatic carbocycles. The van der Waals surface area contributed by atoms with Crippen molar-refractivity contribution in [1.29, 1.82) is 0 Å². The Kier molecular flexibility index (Phi) is 8.71. The van der Waals surface area contributed by atoms with Crippen LogP contribution in [0.4, 0.5) is 34.1 Å². The second-order valence-electron chi connectivity index (χ2n) is 6.63. The van der Waals surface area contributed by atoms with E-state index in [-0.39, 0.29) is 30.2 Å². The zero-order valence-electron chi connectivity index (χ0n) is 18.0. The predicted molar refractivity (Wildman–Crippen MR) is 118 cm³/mol. The molecule has 0 bridgehead atoms. The molecule has 0 radical (unpaired) electrons. The Balaban J connectivity index is 2.46. The number of nitrogens with zero attached hydrogens (tertiary/aromatic N) is 4. The zero-order valence-corrected chi connectivity index (χ0v) is 18.0. The second-order valence-corrected chi connectivity index (χ2v) is 6.63. The molecule has 0 aliphatic rings. The van der Waals surface area contributed by atoms with Crippen molar-refractivity contribution in [2.24, 2.45) is 10.2 Å². The van der Waals surface area contributed by atoms with E-state index in [2.05, 4.69) is 20.9 Å². The molecule has 1 unspecified atom stereocenters. The van der Waals surface area contributed by atoms with Gasteiger partial charge in [-0.2, -0.15) is 0 Å². The van der Waals surface area contributed by atoms with Crippen LogP contribution in [0.2, 0.25) is 0 Å². The number of carbonyl (C=O) groups is 1. The van der Waals surface area contributed by atoms with Crippen molar-refractivity contribution >= 4 is 40.0 Å². The van der Waals surface area contributed by atoms with Crippen LogP contribution in [0.5, 0.6) is 5.75 Å². The number of benzene rings is 2. The molecule has 0 fully saturated rings. The molecule has 2 rings (SSSR count). The van der Waals surface area contributed by atoms with Crippen LogP contribution in [0.3, 0.4) is 0 Å². The van der Waals surface area contributed by atoms with Gasteiger partial charge in [0, 0.05) is 32.7 Å². The van der Waals surface area contributed by atoms with Gasteiger partial charge < -0.3 is 25.2 Å². The molecule has 176 valence electrons. The normalized spacial score (nSPS) is 11.8. The van der Waals surface area contributed by atoms with Crippen LogP contribution in [0.15, 0.2) is 40.6 Å². The molecule has 14 heteroatoms. The minimum Gasteiger partial charge on any atom is -0.495 e. The first-order chi connectivity index (χ1) is 15.7. The average molecular weight is 462 g/mol. The van der Waals surface area contributed by atoms with Gasteiger partial charge in [0.25, 0.3) is 5.69 Å². The number of azo groups is 1. The standard InChI is InChI=1S/C19H22N6O8/c1-11(26)21-15-7-17(20-9-13(27)10-32-2)19(33-3)8-16(15)23-22-14-5-4-12(24(28)29)6-18(14)25(30)31/h4-8,13,20,27H,9-10H2,1-3H3,(H,21,26). The number of aliphatic hydroxyl groups excluding tert-OH is 1. The highest BCUT2D eigenvalue weighted by atomic mass is 16.6. The summed E-state index contributed by atoms with van der Waals surface area (Å²) in [7, 11) is 2.85. The number of nitro benzene ring substituents is 2. The van der Waals surface area contributed by atoms with Crippen molar-refractivity contribution < 1.29 is 29.2 Å². The summed E-state index contributed by atoms with van der Waals surface area (Å²) in [6, 6.07) is 5.87. The number of rotatable bonds is 11. The summed E-state index contributed by atoms with van der Waals surface area (Å²) in [5.41, 5.74) is -0.545. The SMILES string of the molecule is COCC(O)CNc1cc(NC(C)=O)c(N=Nc2ccc([N+](=O)[O-])cc2[N+](=O)[O-])cc1OC. The number of aliphatic hydroxyl groups is 1. The van der Waals surface area contributed by atoms with Crippen LogP contribution < -0.4 is 15.4 Å². The first kappa shape index (κ1) is 25.1. The summed E-state index contributed by atoms with van der Waals surface area (Å²) >= 11 is 0. The number of hydrogen-bond donors (Lipinski definition) is 3. The maximum atomic E-state index is 11.7. The molecule has 0 heterocycles. The van der Waals surface area contributed by atoms with E-state index in [1.54, 1.807) is 0 Å². The third kappa shape index (κ3) is 6.91. The quantitative estimate of drug-likeness (QED) is 0.255. The lowest BCUT2D eigenvalue weighted by molar-refractivity contribution is -0.393. The molecule has 33 heavy (non-hydrogen) atoms. The Morgan fingerprint density at radius 1 is 1.09 bits per heavy atom. The molecule has 0 saturated heterocycles. The predicted octanol–water partition coefficient (Wildman–Crippen LogP) is 3.30. The van der Waals surface area contributed by atoms with E-state index >= 15 is 0 Å². The van der Waals surface area contributed by atoms with E-state index in [9.17, 15) is 30.1 Å². The lowest BCUT2D eigenvalue weighted by atomic mass is 10.2. The summed E-state index contributed by atoms with van der Waals surface area (Å²) in [5.74, 6) is -0.121. The van der Waals surface area contributed by atoms with Crippen LogP contribution in [0, 0.1) is 20.2 Å². The van der Waals surface area contributed by atoms with E-state index in [4.69, 9.17) is 9.47 Å². The van der Waals surface area contributed by atoms with Gasteiger partial charge in [0.05, 0.1) is 47.1 Å². The number of nitro groups is 2. The third-order valence-electron chi connectivity index (χ3n) is 4.15. The van der Waals surface area contributed by atoms with Crippen LogP contribution in [-0.4, -0.2) is 54.3 Å². The Bertz CT molecular complexity index is 1070. The maximum Gasteiger partial charge on any atom is 0.303 e. The molecule has 3 N–H and O–H groups in total. The van der Waals surface area contributed by atoms with Crippen LogP contribution in [-0.2, 0) is 9.53 Å². The monoisotopic (exact) mass is 462 g/mol. The van der Waals surface area contributed by atoms with Crippen molar-refractivity contribution in [1.82, 2.24) is 0 Å². The Labute approximate surface area is 187 Å². The van der Waals surface area contributed by atoms with Gasteiger partial charge in [-0.3, -0.25) is 25.0 Å². The highest BCUT2D eigenvalue weighted by molar-refractivity contribution is 5.93. The van der Waals surface area contributed by atoms with Crippen molar-refractivity contribution in [3.63, 3.8) is 0 Å². The molecule has 0 aromatic heterocycles. The lowest BCUT2D eigenvalue weighted by Crippen LogP contribution is -2.24. The fraction of sp³-hybridized carbons (Fsp3) is 0.316. The summed E-state index contributed by atoms with van der Waals surface area (Å²) < 4.78 is 10.2. The highest BCUT2D eigenvalue weighted by Crippen LogP contribution is 2.39. The van der Waals surface area contributed by atoms with Gasteiger partial charge in [-0.25, -0.2) is 0 Å². The van der Waals surface area contributed by atoms with Gasteiger partial charge in [-0.05, 0) is 12.1 Å². The Morgan fingerprint density at radius 3 is 2.36 bits per heavy atom. The van der Waals surface area contributed by atoms with Gasteiger partial charge in [-0.1, -0.05) is 0 Å². The van der Waals surface area contributed by atoms with E-state index < -0.39 is 33.2 Å². The zero-order chi connectivity index (χ0) is 24.5. The van der Waals surface area contributed by atoms with Crippen molar-refractivity contribution in [3.05, 3.63) is 50.6 Å². The van der Waals surface area contributed by atoms with Crippen LogP contribution >= 0.6 is 0 Å². The van der Waals surface area contributed by atoms with Crippen LogP contribution in [0.1, 0.15) is 6.92 Å². The molecule has 2 aromatic carbocycles. The topological polar surface area (TPSA) is 191 Å². The fourth-order valence-corrected chi connectivity index (χ4v) is 2.69.